The maximum Gasteiger partial charge on any atom is 0.252 e. The van der Waals surface area contributed by atoms with E-state index in [0.717, 1.165) is 21.5 Å². The predicted octanol–water partition coefficient (Wildman–Crippen LogP) is 4.13. The van der Waals surface area contributed by atoms with E-state index in [1.165, 1.54) is 16.2 Å². The Hall–Kier alpha value is -2.49. The molecule has 0 spiro atoms. The number of carbonyl (C=O) groups excluding carboxylic acids is 1. The van der Waals surface area contributed by atoms with E-state index in [2.05, 4.69) is 23.0 Å². The first-order valence-corrected chi connectivity index (χ1v) is 10.6. The van der Waals surface area contributed by atoms with Crippen LogP contribution in [0, 0.1) is 12.3 Å². The Labute approximate surface area is 166 Å². The van der Waals surface area contributed by atoms with Crippen LogP contribution >= 0.6 is 23.1 Å². The number of fused-ring (bicyclic) bond motifs is 1. The van der Waals surface area contributed by atoms with Crippen LogP contribution in [0.15, 0.2) is 52.4 Å². The van der Waals surface area contributed by atoms with Gasteiger partial charge in [0.25, 0.3) is 5.91 Å². The van der Waals surface area contributed by atoms with Crippen LogP contribution in [0.4, 0.5) is 0 Å². The molecule has 138 valence electrons. The van der Waals surface area contributed by atoms with Gasteiger partial charge in [-0.25, -0.2) is 0 Å². The number of carbonyl (C=O) groups is 1. The molecule has 0 aliphatic rings. The van der Waals surface area contributed by atoms with Gasteiger partial charge in [0.05, 0.1) is 29.8 Å². The van der Waals surface area contributed by atoms with Gasteiger partial charge in [0.2, 0.25) is 0 Å². The topological polar surface area (TPSA) is 43.6 Å². The minimum Gasteiger partial charge on any atom is -0.494 e. The Morgan fingerprint density at radius 3 is 2.74 bits per heavy atom. The molecule has 0 saturated heterocycles. The zero-order valence-electron chi connectivity index (χ0n) is 15.3. The van der Waals surface area contributed by atoms with Crippen molar-refractivity contribution in [3.05, 3.63) is 52.8 Å². The lowest BCUT2D eigenvalue weighted by atomic mass is 10.1. The van der Waals surface area contributed by atoms with Gasteiger partial charge in [-0.2, -0.15) is 4.99 Å². The highest BCUT2D eigenvalue weighted by Crippen LogP contribution is 2.24. The van der Waals surface area contributed by atoms with E-state index < -0.39 is 0 Å². The first kappa shape index (κ1) is 19.3. The maximum absolute atomic E-state index is 12.5. The third-order valence-corrected chi connectivity index (χ3v) is 5.72. The number of thioether (sulfide) groups is 1. The van der Waals surface area contributed by atoms with Crippen molar-refractivity contribution in [1.82, 2.24) is 4.57 Å². The molecule has 0 radical (unpaired) electrons. The molecule has 0 fully saturated rings. The molecule has 0 atom stereocenters. The predicted molar refractivity (Wildman–Crippen MR) is 112 cm³/mol. The standard InChI is InChI=1S/C21H20N2O2S2/c1-4-12-23-18-11-10-17(26-3)14-19(18)27-21(23)22-20(24)13-15-6-8-16(9-7-15)25-5-2/h1,6-11,14H,5,12-13H2,2-3H3. The first-order valence-electron chi connectivity index (χ1n) is 8.54. The fourth-order valence-electron chi connectivity index (χ4n) is 2.70. The molecule has 27 heavy (non-hydrogen) atoms. The molecule has 3 rings (SSSR count). The van der Waals surface area contributed by atoms with Crippen molar-refractivity contribution in [2.45, 2.75) is 24.8 Å². The number of hydrogen-bond donors (Lipinski definition) is 0. The zero-order valence-corrected chi connectivity index (χ0v) is 16.9. The van der Waals surface area contributed by atoms with Crippen LogP contribution in [0.3, 0.4) is 0 Å². The summed E-state index contributed by atoms with van der Waals surface area (Å²) in [6, 6.07) is 13.7. The highest BCUT2D eigenvalue weighted by Gasteiger charge is 2.09. The quantitative estimate of drug-likeness (QED) is 0.465. The molecule has 0 aliphatic carbocycles. The summed E-state index contributed by atoms with van der Waals surface area (Å²) in [7, 11) is 0. The summed E-state index contributed by atoms with van der Waals surface area (Å²) in [5, 5.41) is 0. The molecular weight excluding hydrogens is 376 g/mol. The molecule has 6 heteroatoms. The van der Waals surface area contributed by atoms with Gasteiger partial charge >= 0.3 is 0 Å². The minimum atomic E-state index is -0.193. The Morgan fingerprint density at radius 2 is 2.07 bits per heavy atom. The van der Waals surface area contributed by atoms with Crippen molar-refractivity contribution >= 4 is 39.2 Å². The van der Waals surface area contributed by atoms with Crippen LogP contribution < -0.4 is 9.54 Å². The average Bonchev–Trinajstić information content (AvgIpc) is 3.00. The molecule has 2 aromatic carbocycles. The van der Waals surface area contributed by atoms with Gasteiger partial charge in [-0.1, -0.05) is 29.4 Å². The molecule has 0 bridgehead atoms. The van der Waals surface area contributed by atoms with Gasteiger partial charge in [0.1, 0.15) is 5.75 Å². The van der Waals surface area contributed by atoms with Crippen molar-refractivity contribution < 1.29 is 9.53 Å². The van der Waals surface area contributed by atoms with Crippen LogP contribution in [-0.2, 0) is 17.8 Å². The van der Waals surface area contributed by atoms with Crippen molar-refractivity contribution in [2.75, 3.05) is 12.9 Å². The van der Waals surface area contributed by atoms with E-state index in [1.807, 2.05) is 48.1 Å². The smallest absolute Gasteiger partial charge is 0.252 e. The summed E-state index contributed by atoms with van der Waals surface area (Å²) >= 11 is 3.17. The van der Waals surface area contributed by atoms with Crippen molar-refractivity contribution in [1.29, 1.82) is 0 Å². The summed E-state index contributed by atoms with van der Waals surface area (Å²) in [5.41, 5.74) is 1.91. The lowest BCUT2D eigenvalue weighted by molar-refractivity contribution is -0.117. The maximum atomic E-state index is 12.5. The number of ether oxygens (including phenoxy) is 1. The van der Waals surface area contributed by atoms with Crippen LogP contribution in [0.25, 0.3) is 10.2 Å². The van der Waals surface area contributed by atoms with Crippen molar-refractivity contribution in [2.24, 2.45) is 4.99 Å². The molecule has 1 amide bonds. The highest BCUT2D eigenvalue weighted by molar-refractivity contribution is 7.98. The Bertz CT molecular complexity index is 1060. The van der Waals surface area contributed by atoms with Gasteiger partial charge in [-0.05, 0) is 49.1 Å². The number of amides is 1. The van der Waals surface area contributed by atoms with E-state index in [1.54, 1.807) is 11.8 Å². The molecule has 0 N–H and O–H groups in total. The second kappa shape index (κ2) is 8.94. The first-order chi connectivity index (χ1) is 13.1. The molecule has 1 heterocycles. The molecule has 0 saturated carbocycles. The number of rotatable bonds is 6. The second-order valence-corrected chi connectivity index (χ2v) is 7.66. The number of hydrogen-bond acceptors (Lipinski definition) is 4. The lowest BCUT2D eigenvalue weighted by Gasteiger charge is -2.03. The summed E-state index contributed by atoms with van der Waals surface area (Å²) in [6.45, 7) is 2.94. The minimum absolute atomic E-state index is 0.193. The molecule has 4 nitrogen and oxygen atoms in total. The molecule has 0 aliphatic heterocycles. The summed E-state index contributed by atoms with van der Waals surface area (Å²) < 4.78 is 8.42. The Morgan fingerprint density at radius 1 is 1.30 bits per heavy atom. The third kappa shape index (κ3) is 4.62. The second-order valence-electron chi connectivity index (χ2n) is 5.77. The molecule has 0 unspecified atom stereocenters. The number of thiazole rings is 1. The SMILES string of the molecule is C#CCn1c(=NC(=O)Cc2ccc(OCC)cc2)sc2cc(SC)ccc21. The van der Waals surface area contributed by atoms with Gasteiger partial charge < -0.3 is 9.30 Å². The fourth-order valence-corrected chi connectivity index (χ4v) is 4.30. The zero-order chi connectivity index (χ0) is 19.2. The fraction of sp³-hybridized carbons (Fsp3) is 0.238. The van der Waals surface area contributed by atoms with Crippen LogP contribution in [0.1, 0.15) is 12.5 Å². The van der Waals surface area contributed by atoms with Crippen LogP contribution in [-0.4, -0.2) is 23.3 Å². The van der Waals surface area contributed by atoms with Gasteiger partial charge in [0, 0.05) is 4.90 Å². The number of terminal acetylenes is 1. The Balaban J connectivity index is 1.90. The Kier molecular flexibility index (Phi) is 6.38. The normalized spacial score (nSPS) is 11.5. The lowest BCUT2D eigenvalue weighted by Crippen LogP contribution is -2.17. The van der Waals surface area contributed by atoms with E-state index in [4.69, 9.17) is 11.2 Å². The van der Waals surface area contributed by atoms with E-state index in [-0.39, 0.29) is 12.3 Å². The number of benzene rings is 2. The molecule has 3 aromatic rings. The van der Waals surface area contributed by atoms with Gasteiger partial charge in [-0.15, -0.1) is 18.2 Å². The van der Waals surface area contributed by atoms with Crippen LogP contribution in [0.2, 0.25) is 0 Å². The number of nitrogens with zero attached hydrogens (tertiary/aromatic N) is 2. The van der Waals surface area contributed by atoms with Crippen molar-refractivity contribution in [3.8, 4) is 18.1 Å². The molecular formula is C21H20N2O2S2. The largest absolute Gasteiger partial charge is 0.494 e. The monoisotopic (exact) mass is 396 g/mol. The van der Waals surface area contributed by atoms with Gasteiger partial charge in [0.15, 0.2) is 4.80 Å². The average molecular weight is 397 g/mol. The molecule has 1 aromatic heterocycles. The van der Waals surface area contributed by atoms with Crippen LogP contribution in [0.5, 0.6) is 5.75 Å². The third-order valence-electron chi connectivity index (χ3n) is 3.95. The number of aromatic nitrogens is 1. The summed E-state index contributed by atoms with van der Waals surface area (Å²) in [6.07, 6.45) is 7.80. The summed E-state index contributed by atoms with van der Waals surface area (Å²) in [4.78, 5) is 18.6. The van der Waals surface area contributed by atoms with Gasteiger partial charge in [-0.3, -0.25) is 4.79 Å². The van der Waals surface area contributed by atoms with E-state index in [0.29, 0.717) is 18.0 Å². The van der Waals surface area contributed by atoms with E-state index in [9.17, 15) is 4.79 Å². The van der Waals surface area contributed by atoms with Crippen molar-refractivity contribution in [3.63, 3.8) is 0 Å². The summed E-state index contributed by atoms with van der Waals surface area (Å²) in [5.74, 6) is 3.26. The highest BCUT2D eigenvalue weighted by atomic mass is 32.2. The van der Waals surface area contributed by atoms with E-state index >= 15 is 0 Å².